The molecule has 0 amide bonds. The van der Waals surface area contributed by atoms with Crippen LogP contribution in [0.4, 0.5) is 0 Å². The molecule has 1 heteroatoms. The molecule has 19 heavy (non-hydrogen) atoms. The van der Waals surface area contributed by atoms with Crippen molar-refractivity contribution in [2.45, 2.75) is 32.4 Å². The van der Waals surface area contributed by atoms with E-state index in [9.17, 15) is 0 Å². The van der Waals surface area contributed by atoms with Crippen molar-refractivity contribution in [3.8, 4) is 11.1 Å². The van der Waals surface area contributed by atoms with Crippen molar-refractivity contribution in [1.82, 2.24) is 5.32 Å². The van der Waals surface area contributed by atoms with E-state index in [-0.39, 0.29) is 0 Å². The first-order chi connectivity index (χ1) is 9.24. The molecule has 0 saturated heterocycles. The van der Waals surface area contributed by atoms with Crippen molar-refractivity contribution in [1.29, 1.82) is 0 Å². The van der Waals surface area contributed by atoms with Crippen molar-refractivity contribution >= 4 is 0 Å². The van der Waals surface area contributed by atoms with Gasteiger partial charge < -0.3 is 5.32 Å². The molecule has 1 saturated carbocycles. The highest BCUT2D eigenvalue weighted by molar-refractivity contribution is 5.63. The second kappa shape index (κ2) is 5.18. The van der Waals surface area contributed by atoms with E-state index in [0.717, 1.165) is 12.0 Å². The van der Waals surface area contributed by atoms with E-state index in [2.05, 4.69) is 73.8 Å². The van der Waals surface area contributed by atoms with Crippen LogP contribution in [0.2, 0.25) is 0 Å². The van der Waals surface area contributed by atoms with Crippen LogP contribution in [0.5, 0.6) is 0 Å². The van der Waals surface area contributed by atoms with Gasteiger partial charge in [-0.25, -0.2) is 0 Å². The monoisotopic (exact) mass is 251 g/mol. The molecule has 2 aromatic rings. The van der Waals surface area contributed by atoms with Crippen LogP contribution < -0.4 is 5.32 Å². The van der Waals surface area contributed by atoms with Gasteiger partial charge in [0.15, 0.2) is 0 Å². The second-order valence-corrected chi connectivity index (χ2v) is 5.70. The minimum atomic E-state index is 0.444. The maximum Gasteiger partial charge on any atom is 0.0294 e. The third kappa shape index (κ3) is 2.87. The molecule has 0 radical (unpaired) electrons. The van der Waals surface area contributed by atoms with E-state index in [1.165, 1.54) is 23.1 Å². The second-order valence-electron chi connectivity index (χ2n) is 5.70. The first-order valence-electron chi connectivity index (χ1n) is 7.15. The summed E-state index contributed by atoms with van der Waals surface area (Å²) in [4.78, 5) is 0. The van der Waals surface area contributed by atoms with E-state index >= 15 is 0 Å². The molecule has 0 spiro atoms. The predicted molar refractivity (Wildman–Crippen MR) is 81.0 cm³/mol. The largest absolute Gasteiger partial charge is 0.307 e. The summed E-state index contributed by atoms with van der Waals surface area (Å²) in [6.45, 7) is 4.56. The Balaban J connectivity index is 1.72. The van der Waals surface area contributed by atoms with Gasteiger partial charge >= 0.3 is 0 Å². The molecular formula is C18H21N. The highest BCUT2D eigenvalue weighted by Gasteiger charge is 2.33. The predicted octanol–water partition coefficient (Wildman–Crippen LogP) is 4.41. The topological polar surface area (TPSA) is 12.0 Å². The third-order valence-corrected chi connectivity index (χ3v) is 4.09. The van der Waals surface area contributed by atoms with Crippen LogP contribution in [-0.2, 0) is 0 Å². The van der Waals surface area contributed by atoms with Crippen LogP contribution in [0.15, 0.2) is 54.6 Å². The lowest BCUT2D eigenvalue weighted by Crippen LogP contribution is -2.21. The first-order valence-corrected chi connectivity index (χ1v) is 7.15. The lowest BCUT2D eigenvalue weighted by atomic mass is 10.0. The zero-order valence-electron chi connectivity index (χ0n) is 11.6. The fraction of sp³-hybridized carbons (Fsp3) is 0.333. The Hall–Kier alpha value is -1.60. The summed E-state index contributed by atoms with van der Waals surface area (Å²) >= 11 is 0. The SMILES string of the molecule is CC(NC1CC1C)c1ccc(-c2ccccc2)cc1. The number of hydrogen-bond acceptors (Lipinski definition) is 1. The quantitative estimate of drug-likeness (QED) is 0.848. The van der Waals surface area contributed by atoms with Gasteiger partial charge in [-0.15, -0.1) is 0 Å². The summed E-state index contributed by atoms with van der Waals surface area (Å²) in [5.41, 5.74) is 3.94. The standard InChI is InChI=1S/C18H21N/c1-13-12-18(13)19-14(2)15-8-10-17(11-9-15)16-6-4-3-5-7-16/h3-11,13-14,18-19H,12H2,1-2H3. The zero-order valence-corrected chi connectivity index (χ0v) is 11.6. The van der Waals surface area contributed by atoms with Crippen LogP contribution in [0, 0.1) is 5.92 Å². The van der Waals surface area contributed by atoms with Crippen LogP contribution in [-0.4, -0.2) is 6.04 Å². The molecule has 2 aromatic carbocycles. The summed E-state index contributed by atoms with van der Waals surface area (Å²) in [6.07, 6.45) is 1.33. The van der Waals surface area contributed by atoms with Gasteiger partial charge in [0.25, 0.3) is 0 Å². The van der Waals surface area contributed by atoms with Gasteiger partial charge in [0.2, 0.25) is 0 Å². The molecule has 0 aliphatic heterocycles. The van der Waals surface area contributed by atoms with E-state index in [4.69, 9.17) is 0 Å². The molecule has 3 atom stereocenters. The minimum Gasteiger partial charge on any atom is -0.307 e. The van der Waals surface area contributed by atoms with Gasteiger partial charge in [0.1, 0.15) is 0 Å². The molecular weight excluding hydrogens is 230 g/mol. The van der Waals surface area contributed by atoms with E-state index in [1.54, 1.807) is 0 Å². The Morgan fingerprint density at radius 3 is 2.11 bits per heavy atom. The Morgan fingerprint density at radius 2 is 1.53 bits per heavy atom. The van der Waals surface area contributed by atoms with Crippen molar-refractivity contribution in [2.75, 3.05) is 0 Å². The maximum atomic E-state index is 3.68. The molecule has 0 bridgehead atoms. The van der Waals surface area contributed by atoms with Crippen LogP contribution in [0.1, 0.15) is 31.9 Å². The van der Waals surface area contributed by atoms with E-state index in [1.807, 2.05) is 0 Å². The lowest BCUT2D eigenvalue weighted by Gasteiger charge is -2.14. The summed E-state index contributed by atoms with van der Waals surface area (Å²) in [7, 11) is 0. The molecule has 1 N–H and O–H groups in total. The summed E-state index contributed by atoms with van der Waals surface area (Å²) in [6, 6.07) is 20.6. The molecule has 1 fully saturated rings. The smallest absolute Gasteiger partial charge is 0.0294 e. The van der Waals surface area contributed by atoms with Crippen LogP contribution in [0.3, 0.4) is 0 Å². The Bertz CT molecular complexity index is 529. The minimum absolute atomic E-state index is 0.444. The molecule has 0 aromatic heterocycles. The van der Waals surface area contributed by atoms with Crippen molar-refractivity contribution in [3.63, 3.8) is 0 Å². The number of benzene rings is 2. The Labute approximate surface area is 115 Å². The fourth-order valence-corrected chi connectivity index (χ4v) is 2.57. The van der Waals surface area contributed by atoms with Crippen LogP contribution >= 0.6 is 0 Å². The first kappa shape index (κ1) is 12.4. The molecule has 0 heterocycles. The zero-order chi connectivity index (χ0) is 13.2. The third-order valence-electron chi connectivity index (χ3n) is 4.09. The normalized spacial score (nSPS) is 23.1. The molecule has 1 nitrogen and oxygen atoms in total. The van der Waals surface area contributed by atoms with Gasteiger partial charge in [0, 0.05) is 12.1 Å². The van der Waals surface area contributed by atoms with Crippen LogP contribution in [0.25, 0.3) is 11.1 Å². The fourth-order valence-electron chi connectivity index (χ4n) is 2.57. The molecule has 3 unspecified atom stereocenters. The molecule has 1 aliphatic carbocycles. The number of nitrogens with one attached hydrogen (secondary N) is 1. The average Bonchev–Trinajstić information content (AvgIpc) is 3.15. The summed E-state index contributed by atoms with van der Waals surface area (Å²) < 4.78 is 0. The van der Waals surface area contributed by atoms with Gasteiger partial charge in [-0.1, -0.05) is 61.5 Å². The molecule has 3 rings (SSSR count). The Kier molecular flexibility index (Phi) is 3.39. The number of rotatable bonds is 4. The maximum absolute atomic E-state index is 3.68. The highest BCUT2D eigenvalue weighted by atomic mass is 15.0. The van der Waals surface area contributed by atoms with Gasteiger partial charge in [-0.3, -0.25) is 0 Å². The summed E-state index contributed by atoms with van der Waals surface area (Å²) in [5.74, 6) is 0.853. The Morgan fingerprint density at radius 1 is 0.947 bits per heavy atom. The average molecular weight is 251 g/mol. The van der Waals surface area contributed by atoms with Gasteiger partial charge in [-0.2, -0.15) is 0 Å². The molecule has 1 aliphatic rings. The highest BCUT2D eigenvalue weighted by Crippen LogP contribution is 2.32. The molecule has 98 valence electrons. The van der Waals surface area contributed by atoms with Crippen molar-refractivity contribution < 1.29 is 0 Å². The number of hydrogen-bond donors (Lipinski definition) is 1. The lowest BCUT2D eigenvalue weighted by molar-refractivity contribution is 0.552. The van der Waals surface area contributed by atoms with Crippen molar-refractivity contribution in [2.24, 2.45) is 5.92 Å². The van der Waals surface area contributed by atoms with E-state index in [0.29, 0.717) is 6.04 Å². The van der Waals surface area contributed by atoms with Gasteiger partial charge in [0.05, 0.1) is 0 Å². The summed E-state index contributed by atoms with van der Waals surface area (Å²) in [5, 5.41) is 3.68. The van der Waals surface area contributed by atoms with Crippen molar-refractivity contribution in [3.05, 3.63) is 60.2 Å². The van der Waals surface area contributed by atoms with Gasteiger partial charge in [-0.05, 0) is 36.0 Å². The van der Waals surface area contributed by atoms with E-state index < -0.39 is 0 Å².